The number of benzene rings is 1. The molecule has 4 heteroatoms. The molecule has 1 aromatic carbocycles. The molecule has 1 aromatic rings. The Morgan fingerprint density at radius 2 is 2.27 bits per heavy atom. The molecule has 0 saturated carbocycles. The van der Waals surface area contributed by atoms with Gasteiger partial charge in [0.05, 0.1) is 0 Å². The van der Waals surface area contributed by atoms with E-state index < -0.39 is 0 Å². The molecule has 0 radical (unpaired) electrons. The highest BCUT2D eigenvalue weighted by molar-refractivity contribution is 6.31. The molecule has 0 unspecified atom stereocenters. The molecule has 0 aliphatic heterocycles. The van der Waals surface area contributed by atoms with Crippen molar-refractivity contribution >= 4 is 29.3 Å². The van der Waals surface area contributed by atoms with Crippen molar-refractivity contribution in [3.05, 3.63) is 34.9 Å². The van der Waals surface area contributed by atoms with E-state index in [-0.39, 0.29) is 5.91 Å². The Hall–Kier alpha value is -1.48. The number of hydrogen-bond acceptors (Lipinski definition) is 2. The normalized spacial score (nSPS) is 10.5. The van der Waals surface area contributed by atoms with Crippen molar-refractivity contribution in [1.29, 1.82) is 0 Å². The minimum Gasteiger partial charge on any atom is -0.399 e. The summed E-state index contributed by atoms with van der Waals surface area (Å²) >= 11 is 5.83. The van der Waals surface area contributed by atoms with Gasteiger partial charge in [0.15, 0.2) is 0 Å². The fourth-order valence-electron chi connectivity index (χ4n) is 1.13. The van der Waals surface area contributed by atoms with Gasteiger partial charge in [0.1, 0.15) is 0 Å². The first kappa shape index (κ1) is 11.6. The van der Waals surface area contributed by atoms with Gasteiger partial charge in [-0.1, -0.05) is 23.8 Å². The summed E-state index contributed by atoms with van der Waals surface area (Å²) in [7, 11) is 0. The lowest BCUT2D eigenvalue weighted by atomic mass is 10.2. The molecule has 1 rings (SSSR count). The highest BCUT2D eigenvalue weighted by Gasteiger charge is 1.93. The summed E-state index contributed by atoms with van der Waals surface area (Å²) in [4.78, 5) is 10.6. The zero-order chi connectivity index (χ0) is 11.3. The first-order valence-electron chi connectivity index (χ1n) is 4.55. The number of nitrogens with two attached hydrogens (primary N) is 1. The molecule has 3 N–H and O–H groups in total. The van der Waals surface area contributed by atoms with Crippen LogP contribution in [-0.4, -0.2) is 12.5 Å². The van der Waals surface area contributed by atoms with E-state index in [0.717, 1.165) is 5.56 Å². The van der Waals surface area contributed by atoms with Crippen molar-refractivity contribution in [3.63, 3.8) is 0 Å². The fourth-order valence-corrected chi connectivity index (χ4v) is 1.38. The van der Waals surface area contributed by atoms with Gasteiger partial charge in [-0.2, -0.15) is 0 Å². The number of nitrogen functional groups attached to an aromatic ring is 1. The lowest BCUT2D eigenvalue weighted by Gasteiger charge is -1.99. The van der Waals surface area contributed by atoms with Crippen LogP contribution in [0.3, 0.4) is 0 Å². The van der Waals surface area contributed by atoms with E-state index in [0.29, 0.717) is 17.3 Å². The minimum absolute atomic E-state index is 0.0507. The maximum atomic E-state index is 10.6. The van der Waals surface area contributed by atoms with Crippen LogP contribution in [-0.2, 0) is 4.79 Å². The Kier molecular flexibility index (Phi) is 4.18. The van der Waals surface area contributed by atoms with Gasteiger partial charge in [0, 0.05) is 24.2 Å². The van der Waals surface area contributed by atoms with Crippen molar-refractivity contribution in [2.75, 3.05) is 12.3 Å². The Bertz CT molecular complexity index is 368. The molecule has 80 valence electrons. The Balaban J connectivity index is 2.60. The molecule has 3 nitrogen and oxygen atoms in total. The van der Waals surface area contributed by atoms with Gasteiger partial charge in [-0.3, -0.25) is 4.79 Å². The Morgan fingerprint density at radius 1 is 1.53 bits per heavy atom. The number of carbonyl (C=O) groups is 1. The first-order valence-corrected chi connectivity index (χ1v) is 4.93. The monoisotopic (exact) mass is 224 g/mol. The fraction of sp³-hybridized carbons (Fsp3) is 0.182. The van der Waals surface area contributed by atoms with E-state index in [1.807, 2.05) is 24.3 Å². The van der Waals surface area contributed by atoms with Crippen LogP contribution in [0.4, 0.5) is 5.69 Å². The number of halogens is 1. The van der Waals surface area contributed by atoms with Crippen LogP contribution in [0.1, 0.15) is 12.5 Å². The average Bonchev–Trinajstić information content (AvgIpc) is 2.10. The molecule has 0 heterocycles. The van der Waals surface area contributed by atoms with Crippen molar-refractivity contribution < 1.29 is 4.79 Å². The van der Waals surface area contributed by atoms with Crippen molar-refractivity contribution in [2.24, 2.45) is 0 Å². The standard InChI is InChI=1S/C11H13ClN2O/c1-8(15)14-4-2-3-9-5-10(12)7-11(13)6-9/h2-3,5-7H,4,13H2,1H3,(H,14,15). The average molecular weight is 225 g/mol. The van der Waals surface area contributed by atoms with E-state index in [9.17, 15) is 4.79 Å². The summed E-state index contributed by atoms with van der Waals surface area (Å²) in [5, 5.41) is 3.26. The molecule has 1 amide bonds. The van der Waals surface area contributed by atoms with E-state index in [4.69, 9.17) is 17.3 Å². The smallest absolute Gasteiger partial charge is 0.217 e. The zero-order valence-corrected chi connectivity index (χ0v) is 9.21. The van der Waals surface area contributed by atoms with Gasteiger partial charge in [0.2, 0.25) is 5.91 Å². The predicted octanol–water partition coefficient (Wildman–Crippen LogP) is 2.07. The third kappa shape index (κ3) is 4.51. The molecule has 0 fully saturated rings. The zero-order valence-electron chi connectivity index (χ0n) is 8.46. The number of hydrogen-bond donors (Lipinski definition) is 2. The topological polar surface area (TPSA) is 55.1 Å². The van der Waals surface area contributed by atoms with E-state index >= 15 is 0 Å². The lowest BCUT2D eigenvalue weighted by Crippen LogP contribution is -2.19. The second-order valence-electron chi connectivity index (χ2n) is 3.16. The molecular weight excluding hydrogens is 212 g/mol. The number of anilines is 1. The minimum atomic E-state index is -0.0507. The summed E-state index contributed by atoms with van der Waals surface area (Å²) in [5.41, 5.74) is 7.17. The van der Waals surface area contributed by atoms with Crippen LogP contribution in [0.2, 0.25) is 5.02 Å². The largest absolute Gasteiger partial charge is 0.399 e. The van der Waals surface area contributed by atoms with Crippen LogP contribution < -0.4 is 11.1 Å². The summed E-state index contributed by atoms with van der Waals surface area (Å²) in [6, 6.07) is 5.31. The van der Waals surface area contributed by atoms with Gasteiger partial charge < -0.3 is 11.1 Å². The highest BCUT2D eigenvalue weighted by Crippen LogP contribution is 2.17. The third-order valence-electron chi connectivity index (χ3n) is 1.72. The lowest BCUT2D eigenvalue weighted by molar-refractivity contribution is -0.118. The van der Waals surface area contributed by atoms with Crippen LogP contribution >= 0.6 is 11.6 Å². The first-order chi connectivity index (χ1) is 7.08. The maximum Gasteiger partial charge on any atom is 0.217 e. The third-order valence-corrected chi connectivity index (χ3v) is 1.94. The summed E-state index contributed by atoms with van der Waals surface area (Å²) in [6.45, 7) is 1.98. The SMILES string of the molecule is CC(=O)NCC=Cc1cc(N)cc(Cl)c1. The van der Waals surface area contributed by atoms with Gasteiger partial charge in [-0.15, -0.1) is 0 Å². The van der Waals surface area contributed by atoms with Crippen LogP contribution in [0.25, 0.3) is 6.08 Å². The predicted molar refractivity (Wildman–Crippen MR) is 63.6 cm³/mol. The van der Waals surface area contributed by atoms with Gasteiger partial charge >= 0.3 is 0 Å². The molecule has 0 aliphatic carbocycles. The summed E-state index contributed by atoms with van der Waals surface area (Å²) in [6.07, 6.45) is 3.70. The number of carbonyl (C=O) groups excluding carboxylic acids is 1. The van der Waals surface area contributed by atoms with Gasteiger partial charge in [0.25, 0.3) is 0 Å². The van der Waals surface area contributed by atoms with Gasteiger partial charge in [-0.05, 0) is 23.8 Å². The quantitative estimate of drug-likeness (QED) is 0.773. The van der Waals surface area contributed by atoms with E-state index in [2.05, 4.69) is 5.32 Å². The molecule has 0 spiro atoms. The number of rotatable bonds is 3. The van der Waals surface area contributed by atoms with Crippen molar-refractivity contribution in [3.8, 4) is 0 Å². The van der Waals surface area contributed by atoms with Crippen molar-refractivity contribution in [1.82, 2.24) is 5.32 Å². The molecule has 0 aromatic heterocycles. The van der Waals surface area contributed by atoms with Crippen molar-refractivity contribution in [2.45, 2.75) is 6.92 Å². The molecule has 0 bridgehead atoms. The number of amides is 1. The molecule has 0 saturated heterocycles. The second-order valence-corrected chi connectivity index (χ2v) is 3.59. The Morgan fingerprint density at radius 3 is 2.87 bits per heavy atom. The van der Waals surface area contributed by atoms with Crippen LogP contribution in [0, 0.1) is 0 Å². The highest BCUT2D eigenvalue weighted by atomic mass is 35.5. The number of nitrogens with one attached hydrogen (secondary N) is 1. The molecule has 0 aliphatic rings. The second kappa shape index (κ2) is 5.41. The Labute approximate surface area is 93.9 Å². The van der Waals surface area contributed by atoms with Crippen LogP contribution in [0.5, 0.6) is 0 Å². The van der Waals surface area contributed by atoms with Crippen LogP contribution in [0.15, 0.2) is 24.3 Å². The maximum absolute atomic E-state index is 10.6. The summed E-state index contributed by atoms with van der Waals surface area (Å²) in [5.74, 6) is -0.0507. The molecular formula is C11H13ClN2O. The molecule has 0 atom stereocenters. The van der Waals surface area contributed by atoms with Gasteiger partial charge in [-0.25, -0.2) is 0 Å². The van der Waals surface area contributed by atoms with E-state index in [1.165, 1.54) is 6.92 Å². The van der Waals surface area contributed by atoms with E-state index in [1.54, 1.807) is 6.07 Å². The summed E-state index contributed by atoms with van der Waals surface area (Å²) < 4.78 is 0. The molecule has 15 heavy (non-hydrogen) atoms.